The molecule has 0 unspecified atom stereocenters. The first-order valence-corrected chi connectivity index (χ1v) is 8.89. The number of nitrogens with zero attached hydrogens (tertiary/aromatic N) is 4. The largest absolute Gasteiger partial charge is 0.368 e. The predicted octanol–water partition coefficient (Wildman–Crippen LogP) is 2.46. The minimum absolute atomic E-state index is 0.00261. The lowest BCUT2D eigenvalue weighted by molar-refractivity contribution is 0.0843. The summed E-state index contributed by atoms with van der Waals surface area (Å²) >= 11 is 0. The number of piperazine rings is 1. The monoisotopic (exact) mass is 352 g/mol. The Kier molecular flexibility index (Phi) is 4.56. The van der Waals surface area contributed by atoms with E-state index >= 15 is 0 Å². The predicted molar refractivity (Wildman–Crippen MR) is 100.0 cm³/mol. The van der Waals surface area contributed by atoms with E-state index in [2.05, 4.69) is 14.8 Å². The molecule has 2 heterocycles. The number of hydrogen-bond acceptors (Lipinski definition) is 4. The number of halogens is 1. The number of anilines is 1. The van der Waals surface area contributed by atoms with E-state index in [0.29, 0.717) is 18.7 Å². The molecule has 1 fully saturated rings. The Morgan fingerprint density at radius 2 is 1.50 bits per heavy atom. The fraction of sp³-hybridized carbons (Fsp3) is 0.300. The first kappa shape index (κ1) is 16.6. The van der Waals surface area contributed by atoms with Crippen molar-refractivity contribution in [1.29, 1.82) is 0 Å². The third kappa shape index (κ3) is 3.27. The van der Waals surface area contributed by atoms with Gasteiger partial charge in [0, 0.05) is 44.0 Å². The lowest BCUT2D eigenvalue weighted by atomic mass is 10.2. The summed E-state index contributed by atoms with van der Waals surface area (Å²) in [6.07, 6.45) is 0. The highest BCUT2D eigenvalue weighted by molar-refractivity contribution is 6.06. The van der Waals surface area contributed by atoms with Gasteiger partial charge in [0.05, 0.1) is 6.54 Å². The number of guanidine groups is 1. The van der Waals surface area contributed by atoms with E-state index in [9.17, 15) is 9.18 Å². The van der Waals surface area contributed by atoms with Crippen molar-refractivity contribution in [2.24, 2.45) is 4.99 Å². The first-order chi connectivity index (χ1) is 12.7. The van der Waals surface area contributed by atoms with Gasteiger partial charge in [-0.2, -0.15) is 0 Å². The van der Waals surface area contributed by atoms with E-state index < -0.39 is 0 Å². The Balaban J connectivity index is 1.42. The quantitative estimate of drug-likeness (QED) is 0.833. The van der Waals surface area contributed by atoms with Crippen LogP contribution >= 0.6 is 0 Å². The van der Waals surface area contributed by atoms with Crippen LogP contribution < -0.4 is 4.90 Å². The number of amides is 1. The van der Waals surface area contributed by atoms with E-state index in [0.717, 1.165) is 37.8 Å². The number of benzene rings is 2. The molecular formula is C20H21FN4O. The second-order valence-corrected chi connectivity index (χ2v) is 6.46. The molecule has 0 spiro atoms. The SMILES string of the molecule is O=C(c1ccccc1)N1CCN=C1N1CCN(c2ccc(F)cc2)CC1. The van der Waals surface area contributed by atoms with E-state index in [1.54, 1.807) is 4.90 Å². The maximum absolute atomic E-state index is 13.1. The van der Waals surface area contributed by atoms with Gasteiger partial charge < -0.3 is 9.80 Å². The van der Waals surface area contributed by atoms with Gasteiger partial charge >= 0.3 is 0 Å². The molecule has 1 saturated heterocycles. The molecule has 6 heteroatoms. The van der Waals surface area contributed by atoms with Crippen molar-refractivity contribution in [3.05, 3.63) is 66.0 Å². The van der Waals surface area contributed by atoms with Gasteiger partial charge in [-0.3, -0.25) is 14.7 Å². The van der Waals surface area contributed by atoms with Crippen LogP contribution in [0.1, 0.15) is 10.4 Å². The molecule has 0 radical (unpaired) electrons. The number of hydrogen-bond donors (Lipinski definition) is 0. The van der Waals surface area contributed by atoms with Crippen molar-refractivity contribution in [2.75, 3.05) is 44.2 Å². The summed E-state index contributed by atoms with van der Waals surface area (Å²) in [6, 6.07) is 15.9. The highest BCUT2D eigenvalue weighted by atomic mass is 19.1. The number of carbonyl (C=O) groups excluding carboxylic acids is 1. The van der Waals surface area contributed by atoms with Gasteiger partial charge in [-0.25, -0.2) is 4.39 Å². The van der Waals surface area contributed by atoms with Crippen LogP contribution in [0.15, 0.2) is 59.6 Å². The zero-order valence-corrected chi connectivity index (χ0v) is 14.5. The Morgan fingerprint density at radius 3 is 2.19 bits per heavy atom. The molecule has 2 aromatic carbocycles. The molecule has 134 valence electrons. The molecule has 4 rings (SSSR count). The normalized spacial score (nSPS) is 17.4. The lowest BCUT2D eigenvalue weighted by Crippen LogP contribution is -2.53. The summed E-state index contributed by atoms with van der Waals surface area (Å²) < 4.78 is 13.1. The number of carbonyl (C=O) groups is 1. The van der Waals surface area contributed by atoms with Gasteiger partial charge in [0.2, 0.25) is 5.96 Å². The molecule has 1 amide bonds. The minimum Gasteiger partial charge on any atom is -0.368 e. The molecule has 0 aromatic heterocycles. The maximum Gasteiger partial charge on any atom is 0.260 e. The third-order valence-corrected chi connectivity index (χ3v) is 4.84. The fourth-order valence-corrected chi connectivity index (χ4v) is 3.45. The molecule has 2 aliphatic rings. The standard InChI is InChI=1S/C20H21FN4O/c21-17-6-8-18(9-7-17)23-12-14-24(15-13-23)20-22-10-11-25(20)19(26)16-4-2-1-3-5-16/h1-9H,10-15H2. The van der Waals surface area contributed by atoms with Gasteiger partial charge in [-0.05, 0) is 36.4 Å². The Labute approximate surface area is 152 Å². The third-order valence-electron chi connectivity index (χ3n) is 4.84. The molecule has 0 atom stereocenters. The number of aliphatic imine (C=N–C) groups is 1. The van der Waals surface area contributed by atoms with Gasteiger partial charge in [-0.15, -0.1) is 0 Å². The van der Waals surface area contributed by atoms with E-state index in [4.69, 9.17) is 0 Å². The highest BCUT2D eigenvalue weighted by Gasteiger charge is 2.30. The van der Waals surface area contributed by atoms with Crippen molar-refractivity contribution in [3.8, 4) is 0 Å². The molecule has 0 saturated carbocycles. The Hall–Kier alpha value is -2.89. The zero-order chi connectivity index (χ0) is 17.9. The second-order valence-electron chi connectivity index (χ2n) is 6.46. The molecule has 2 aliphatic heterocycles. The molecular weight excluding hydrogens is 331 g/mol. The van der Waals surface area contributed by atoms with Crippen LogP contribution in [0.2, 0.25) is 0 Å². The van der Waals surface area contributed by atoms with Crippen LogP contribution in [0.5, 0.6) is 0 Å². The van der Waals surface area contributed by atoms with Gasteiger partial charge in [-0.1, -0.05) is 18.2 Å². The van der Waals surface area contributed by atoms with Crippen molar-refractivity contribution in [2.45, 2.75) is 0 Å². The van der Waals surface area contributed by atoms with Gasteiger partial charge in [0.25, 0.3) is 5.91 Å². The van der Waals surface area contributed by atoms with Crippen molar-refractivity contribution in [3.63, 3.8) is 0 Å². The van der Waals surface area contributed by atoms with Crippen LogP contribution in [0.3, 0.4) is 0 Å². The Bertz CT molecular complexity index is 798. The molecule has 2 aromatic rings. The first-order valence-electron chi connectivity index (χ1n) is 8.89. The summed E-state index contributed by atoms with van der Waals surface area (Å²) in [7, 11) is 0. The average molecular weight is 352 g/mol. The van der Waals surface area contributed by atoms with Crippen LogP contribution in [0, 0.1) is 5.82 Å². The average Bonchev–Trinajstić information content (AvgIpc) is 3.19. The van der Waals surface area contributed by atoms with E-state index in [1.165, 1.54) is 12.1 Å². The van der Waals surface area contributed by atoms with Gasteiger partial charge in [0.15, 0.2) is 0 Å². The summed E-state index contributed by atoms with van der Waals surface area (Å²) in [5.41, 5.74) is 1.71. The van der Waals surface area contributed by atoms with Crippen molar-refractivity contribution >= 4 is 17.6 Å². The van der Waals surface area contributed by atoms with Gasteiger partial charge in [0.1, 0.15) is 5.82 Å². The summed E-state index contributed by atoms with van der Waals surface area (Å²) in [5, 5.41) is 0. The van der Waals surface area contributed by atoms with Crippen molar-refractivity contribution < 1.29 is 9.18 Å². The van der Waals surface area contributed by atoms with E-state index in [-0.39, 0.29) is 11.7 Å². The lowest BCUT2D eigenvalue weighted by Gasteiger charge is -2.38. The second kappa shape index (κ2) is 7.15. The summed E-state index contributed by atoms with van der Waals surface area (Å²) in [5.74, 6) is 0.559. The zero-order valence-electron chi connectivity index (χ0n) is 14.5. The Morgan fingerprint density at radius 1 is 0.846 bits per heavy atom. The van der Waals surface area contributed by atoms with Crippen LogP contribution in [-0.4, -0.2) is 60.9 Å². The van der Waals surface area contributed by atoms with Crippen LogP contribution in [0.4, 0.5) is 10.1 Å². The molecule has 0 N–H and O–H groups in total. The van der Waals surface area contributed by atoms with E-state index in [1.807, 2.05) is 42.5 Å². The fourth-order valence-electron chi connectivity index (χ4n) is 3.45. The highest BCUT2D eigenvalue weighted by Crippen LogP contribution is 2.19. The molecule has 26 heavy (non-hydrogen) atoms. The topological polar surface area (TPSA) is 39.2 Å². The smallest absolute Gasteiger partial charge is 0.260 e. The van der Waals surface area contributed by atoms with Crippen LogP contribution in [-0.2, 0) is 0 Å². The molecule has 0 bridgehead atoms. The summed E-state index contributed by atoms with van der Waals surface area (Å²) in [6.45, 7) is 4.48. The van der Waals surface area contributed by atoms with Crippen molar-refractivity contribution in [1.82, 2.24) is 9.80 Å². The minimum atomic E-state index is -0.220. The molecule has 5 nitrogen and oxygen atoms in total. The van der Waals surface area contributed by atoms with Crippen LogP contribution in [0.25, 0.3) is 0 Å². The summed E-state index contributed by atoms with van der Waals surface area (Å²) in [4.78, 5) is 23.6. The number of rotatable bonds is 2. The molecule has 0 aliphatic carbocycles. The maximum atomic E-state index is 13.1.